The number of carbonyl (C=O) groups excluding carboxylic acids is 1. The van der Waals surface area contributed by atoms with Crippen LogP contribution in [0.4, 0.5) is 0 Å². The van der Waals surface area contributed by atoms with E-state index in [1.165, 1.54) is 0 Å². The average molecular weight is 287 g/mol. The zero-order valence-electron chi connectivity index (χ0n) is 9.98. The molecule has 0 saturated carbocycles. The van der Waals surface area contributed by atoms with Crippen LogP contribution in [0.5, 0.6) is 5.75 Å². The molecule has 1 amide bonds. The first-order valence-corrected chi connectivity index (χ1v) is 6.26. The lowest BCUT2D eigenvalue weighted by Gasteiger charge is -2.14. The molecule has 0 spiro atoms. The van der Waals surface area contributed by atoms with E-state index in [1.54, 1.807) is 31.2 Å². The molecule has 4 nitrogen and oxygen atoms in total. The van der Waals surface area contributed by atoms with E-state index in [1.807, 2.05) is 0 Å². The topological polar surface area (TPSA) is 64.3 Å². The highest BCUT2D eigenvalue weighted by Crippen LogP contribution is 2.18. The lowest BCUT2D eigenvalue weighted by atomic mass is 10.3. The first kappa shape index (κ1) is 14.7. The van der Waals surface area contributed by atoms with Crippen molar-refractivity contribution in [3.8, 4) is 5.75 Å². The van der Waals surface area contributed by atoms with Crippen molar-refractivity contribution in [2.75, 3.05) is 6.54 Å². The summed E-state index contributed by atoms with van der Waals surface area (Å²) < 4.78 is 5.45. The monoisotopic (exact) mass is 286 g/mol. The van der Waals surface area contributed by atoms with Crippen LogP contribution in [0.25, 0.3) is 0 Å². The lowest BCUT2D eigenvalue weighted by molar-refractivity contribution is -0.127. The van der Waals surface area contributed by atoms with Gasteiger partial charge < -0.3 is 15.8 Å². The molecule has 0 radical (unpaired) electrons. The number of hydrogen-bond donors (Lipinski definition) is 2. The molecule has 0 fully saturated rings. The fourth-order valence-corrected chi connectivity index (χ4v) is 1.53. The molecule has 1 aromatic carbocycles. The first-order valence-electron chi connectivity index (χ1n) is 5.47. The molecule has 18 heavy (non-hydrogen) atoms. The van der Waals surface area contributed by atoms with Crippen molar-refractivity contribution in [1.82, 2.24) is 5.32 Å². The smallest absolute Gasteiger partial charge is 0.260 e. The largest absolute Gasteiger partial charge is 0.481 e. The molecule has 0 aliphatic heterocycles. The number of nitrogens with two attached hydrogens (primary N) is 1. The number of nitrogens with one attached hydrogen (secondary N) is 1. The molecule has 6 heteroatoms. The highest BCUT2D eigenvalue weighted by molar-refractivity contribution is 7.80. The van der Waals surface area contributed by atoms with E-state index in [9.17, 15) is 4.79 Å². The highest BCUT2D eigenvalue weighted by Gasteiger charge is 2.14. The third-order valence-electron chi connectivity index (χ3n) is 2.15. The predicted octanol–water partition coefficient (Wildman–Crippen LogP) is 1.90. The van der Waals surface area contributed by atoms with Gasteiger partial charge in [-0.1, -0.05) is 29.9 Å². The summed E-state index contributed by atoms with van der Waals surface area (Å²) in [7, 11) is 0. The third kappa shape index (κ3) is 5.33. The summed E-state index contributed by atoms with van der Waals surface area (Å²) >= 11 is 10.5. The standard InChI is InChI=1S/C12H15ClN2O2S/c1-8(12(16)15-6-5-11(14)18)17-10-4-2-3-9(13)7-10/h2-4,7-8H,5-6H2,1H3,(H2,14,18)(H,15,16). The zero-order chi connectivity index (χ0) is 13.5. The van der Waals surface area contributed by atoms with Gasteiger partial charge in [0.1, 0.15) is 5.75 Å². The summed E-state index contributed by atoms with van der Waals surface area (Å²) in [4.78, 5) is 12.0. The van der Waals surface area contributed by atoms with Gasteiger partial charge in [-0.25, -0.2) is 0 Å². The molecular formula is C12H15ClN2O2S. The van der Waals surface area contributed by atoms with Crippen molar-refractivity contribution < 1.29 is 9.53 Å². The summed E-state index contributed by atoms with van der Waals surface area (Å²) in [5, 5.41) is 3.25. The fourth-order valence-electron chi connectivity index (χ4n) is 1.25. The number of carbonyl (C=O) groups is 1. The van der Waals surface area contributed by atoms with E-state index in [0.717, 1.165) is 0 Å². The Balaban J connectivity index is 2.42. The second-order valence-electron chi connectivity index (χ2n) is 3.72. The van der Waals surface area contributed by atoms with Crippen LogP contribution in [0.2, 0.25) is 5.02 Å². The van der Waals surface area contributed by atoms with E-state index in [-0.39, 0.29) is 5.91 Å². The summed E-state index contributed by atoms with van der Waals surface area (Å²) in [6.07, 6.45) is -0.125. The van der Waals surface area contributed by atoms with Crippen molar-refractivity contribution in [2.45, 2.75) is 19.4 Å². The van der Waals surface area contributed by atoms with Crippen molar-refractivity contribution in [3.63, 3.8) is 0 Å². The molecular weight excluding hydrogens is 272 g/mol. The number of amides is 1. The highest BCUT2D eigenvalue weighted by atomic mass is 35.5. The Morgan fingerprint density at radius 1 is 1.61 bits per heavy atom. The second kappa shape index (κ2) is 7.18. The number of halogens is 1. The average Bonchev–Trinajstić information content (AvgIpc) is 2.28. The Kier molecular flexibility index (Phi) is 5.88. The maximum absolute atomic E-state index is 11.7. The van der Waals surface area contributed by atoms with Crippen LogP contribution < -0.4 is 15.8 Å². The number of hydrogen-bond acceptors (Lipinski definition) is 3. The SMILES string of the molecule is CC(Oc1cccc(Cl)c1)C(=O)NCCC(N)=S. The molecule has 0 aliphatic rings. The molecule has 0 heterocycles. The zero-order valence-corrected chi connectivity index (χ0v) is 11.6. The maximum atomic E-state index is 11.7. The Labute approximate surface area is 116 Å². The summed E-state index contributed by atoms with van der Waals surface area (Å²) in [6, 6.07) is 6.89. The Morgan fingerprint density at radius 3 is 2.94 bits per heavy atom. The van der Waals surface area contributed by atoms with Gasteiger partial charge in [-0.2, -0.15) is 0 Å². The predicted molar refractivity (Wildman–Crippen MR) is 76.0 cm³/mol. The molecule has 0 aliphatic carbocycles. The van der Waals surface area contributed by atoms with Crippen molar-refractivity contribution in [3.05, 3.63) is 29.3 Å². The lowest BCUT2D eigenvalue weighted by Crippen LogP contribution is -2.37. The van der Waals surface area contributed by atoms with Crippen LogP contribution in [0, 0.1) is 0 Å². The number of rotatable bonds is 6. The number of thiocarbonyl (C=S) groups is 1. The van der Waals surface area contributed by atoms with Gasteiger partial charge in [-0.3, -0.25) is 4.79 Å². The van der Waals surface area contributed by atoms with Crippen LogP contribution in [-0.4, -0.2) is 23.5 Å². The van der Waals surface area contributed by atoms with Gasteiger partial charge in [-0.05, 0) is 25.1 Å². The van der Waals surface area contributed by atoms with Crippen molar-refractivity contribution >= 4 is 34.7 Å². The van der Waals surface area contributed by atoms with Crippen LogP contribution in [0.1, 0.15) is 13.3 Å². The number of ether oxygens (including phenoxy) is 1. The minimum Gasteiger partial charge on any atom is -0.481 e. The summed E-state index contributed by atoms with van der Waals surface area (Å²) in [5.74, 6) is 0.339. The van der Waals surface area contributed by atoms with E-state index in [4.69, 9.17) is 34.3 Å². The van der Waals surface area contributed by atoms with Crippen molar-refractivity contribution in [1.29, 1.82) is 0 Å². The maximum Gasteiger partial charge on any atom is 0.260 e. The van der Waals surface area contributed by atoms with Gasteiger partial charge in [0.05, 0.1) is 4.99 Å². The van der Waals surface area contributed by atoms with Gasteiger partial charge in [-0.15, -0.1) is 0 Å². The second-order valence-corrected chi connectivity index (χ2v) is 4.69. The minimum atomic E-state index is -0.602. The Morgan fingerprint density at radius 2 is 2.33 bits per heavy atom. The molecule has 0 bridgehead atoms. The molecule has 0 saturated heterocycles. The third-order valence-corrected chi connectivity index (χ3v) is 2.59. The fraction of sp³-hybridized carbons (Fsp3) is 0.333. The van der Waals surface area contributed by atoms with Crippen LogP contribution >= 0.6 is 23.8 Å². The number of benzene rings is 1. The van der Waals surface area contributed by atoms with E-state index in [0.29, 0.717) is 28.7 Å². The molecule has 0 aromatic heterocycles. The van der Waals surface area contributed by atoms with Crippen LogP contribution in [0.15, 0.2) is 24.3 Å². The van der Waals surface area contributed by atoms with Crippen LogP contribution in [-0.2, 0) is 4.79 Å². The van der Waals surface area contributed by atoms with Gasteiger partial charge in [0, 0.05) is 18.0 Å². The molecule has 1 atom stereocenters. The van der Waals surface area contributed by atoms with Gasteiger partial charge in [0.2, 0.25) is 0 Å². The van der Waals surface area contributed by atoms with Gasteiger partial charge >= 0.3 is 0 Å². The van der Waals surface area contributed by atoms with Gasteiger partial charge in [0.15, 0.2) is 6.10 Å². The first-order chi connectivity index (χ1) is 8.49. The van der Waals surface area contributed by atoms with Gasteiger partial charge in [0.25, 0.3) is 5.91 Å². The Hall–Kier alpha value is -1.33. The summed E-state index contributed by atoms with van der Waals surface area (Å²) in [6.45, 7) is 2.08. The van der Waals surface area contributed by atoms with Crippen molar-refractivity contribution in [2.24, 2.45) is 5.73 Å². The van der Waals surface area contributed by atoms with E-state index < -0.39 is 6.10 Å². The molecule has 3 N–H and O–H groups in total. The van der Waals surface area contributed by atoms with E-state index >= 15 is 0 Å². The molecule has 98 valence electrons. The van der Waals surface area contributed by atoms with Crippen LogP contribution in [0.3, 0.4) is 0 Å². The Bertz CT molecular complexity index is 440. The minimum absolute atomic E-state index is 0.216. The summed E-state index contributed by atoms with van der Waals surface area (Å²) in [5.41, 5.74) is 5.33. The molecule has 1 aromatic rings. The molecule has 1 unspecified atom stereocenters. The molecule has 1 rings (SSSR count). The quantitative estimate of drug-likeness (QED) is 0.784. The van der Waals surface area contributed by atoms with E-state index in [2.05, 4.69) is 5.32 Å². The normalized spacial score (nSPS) is 11.7.